The van der Waals surface area contributed by atoms with Crippen LogP contribution in [0.15, 0.2) is 64.9 Å². The molecule has 1 N–H and O–H groups in total. The molecule has 1 aliphatic rings. The zero-order valence-electron chi connectivity index (χ0n) is 14.8. The molecule has 0 unspecified atom stereocenters. The topological polar surface area (TPSA) is 64.6 Å². The van der Waals surface area contributed by atoms with Gasteiger partial charge in [-0.25, -0.2) is 12.8 Å². The van der Waals surface area contributed by atoms with Crippen molar-refractivity contribution in [3.05, 3.63) is 76.2 Å². The highest BCUT2D eigenvalue weighted by molar-refractivity contribution is 7.89. The molecule has 0 radical (unpaired) electrons. The number of halogens is 1. The Bertz CT molecular complexity index is 1050. The summed E-state index contributed by atoms with van der Waals surface area (Å²) in [6.07, 6.45) is 0.736. The SMILES string of the molecule is O=S(=O)(N[C@H](c1ccc(F)cc1)c1cccs1)c1ccc2c(c1)OCCCO2. The van der Waals surface area contributed by atoms with E-state index in [0.717, 1.165) is 11.3 Å². The van der Waals surface area contributed by atoms with E-state index < -0.39 is 16.1 Å². The first-order valence-corrected chi connectivity index (χ1v) is 11.1. The number of benzene rings is 2. The molecular formula is C20H18FNO4S2. The highest BCUT2D eigenvalue weighted by atomic mass is 32.2. The third kappa shape index (κ3) is 4.04. The summed E-state index contributed by atoms with van der Waals surface area (Å²) >= 11 is 1.43. The monoisotopic (exact) mass is 419 g/mol. The van der Waals surface area contributed by atoms with E-state index in [-0.39, 0.29) is 10.7 Å². The number of ether oxygens (including phenoxy) is 2. The molecule has 4 rings (SSSR count). The lowest BCUT2D eigenvalue weighted by molar-refractivity contribution is 0.297. The number of hydrogen-bond acceptors (Lipinski definition) is 5. The molecule has 0 aliphatic carbocycles. The molecule has 1 aliphatic heterocycles. The van der Waals surface area contributed by atoms with E-state index in [0.29, 0.717) is 30.3 Å². The molecule has 146 valence electrons. The average Bonchev–Trinajstić information content (AvgIpc) is 3.11. The van der Waals surface area contributed by atoms with Crippen LogP contribution in [0.3, 0.4) is 0 Å². The van der Waals surface area contributed by atoms with E-state index in [1.165, 1.54) is 35.6 Å². The largest absolute Gasteiger partial charge is 0.490 e. The Labute approximate surface area is 166 Å². The fourth-order valence-corrected chi connectivity index (χ4v) is 5.03. The molecule has 2 heterocycles. The van der Waals surface area contributed by atoms with Crippen LogP contribution in [-0.4, -0.2) is 21.6 Å². The van der Waals surface area contributed by atoms with E-state index >= 15 is 0 Å². The molecule has 1 atom stereocenters. The van der Waals surface area contributed by atoms with Gasteiger partial charge in [-0.05, 0) is 41.3 Å². The van der Waals surface area contributed by atoms with E-state index in [4.69, 9.17) is 9.47 Å². The second-order valence-electron chi connectivity index (χ2n) is 6.28. The molecule has 0 spiro atoms. The van der Waals surface area contributed by atoms with Gasteiger partial charge in [-0.2, -0.15) is 4.72 Å². The van der Waals surface area contributed by atoms with Gasteiger partial charge in [0, 0.05) is 17.4 Å². The van der Waals surface area contributed by atoms with Crippen molar-refractivity contribution in [1.29, 1.82) is 0 Å². The van der Waals surface area contributed by atoms with Gasteiger partial charge < -0.3 is 9.47 Å². The standard InChI is InChI=1S/C20H18FNO4S2/c21-15-6-4-14(5-7-15)20(19-3-1-12-27-19)22-28(23,24)16-8-9-17-18(13-16)26-11-2-10-25-17/h1,3-9,12-13,20,22H,2,10-11H2/t20-/m1/s1. The van der Waals surface area contributed by atoms with Gasteiger partial charge in [-0.3, -0.25) is 0 Å². The van der Waals surface area contributed by atoms with Crippen LogP contribution in [0.25, 0.3) is 0 Å². The second-order valence-corrected chi connectivity index (χ2v) is 8.97. The zero-order chi connectivity index (χ0) is 19.6. The van der Waals surface area contributed by atoms with Crippen LogP contribution in [0.1, 0.15) is 22.9 Å². The Hall–Kier alpha value is -2.42. The van der Waals surface area contributed by atoms with Crippen molar-refractivity contribution in [3.63, 3.8) is 0 Å². The predicted molar refractivity (Wildman–Crippen MR) is 105 cm³/mol. The summed E-state index contributed by atoms with van der Waals surface area (Å²) in [5, 5.41) is 1.87. The third-order valence-corrected chi connectivity index (χ3v) is 6.69. The van der Waals surface area contributed by atoms with Crippen LogP contribution in [0.4, 0.5) is 4.39 Å². The van der Waals surface area contributed by atoms with Gasteiger partial charge in [0.05, 0.1) is 24.2 Å². The lowest BCUT2D eigenvalue weighted by Crippen LogP contribution is -2.29. The summed E-state index contributed by atoms with van der Waals surface area (Å²) < 4.78 is 53.4. The zero-order valence-corrected chi connectivity index (χ0v) is 16.4. The highest BCUT2D eigenvalue weighted by Crippen LogP contribution is 2.33. The van der Waals surface area contributed by atoms with Crippen molar-refractivity contribution >= 4 is 21.4 Å². The van der Waals surface area contributed by atoms with E-state index in [9.17, 15) is 12.8 Å². The smallest absolute Gasteiger partial charge is 0.241 e. The third-order valence-electron chi connectivity index (χ3n) is 4.33. The molecule has 5 nitrogen and oxygen atoms in total. The molecule has 0 bridgehead atoms. The maximum absolute atomic E-state index is 13.3. The summed E-state index contributed by atoms with van der Waals surface area (Å²) in [4.78, 5) is 0.893. The minimum atomic E-state index is -3.86. The van der Waals surface area contributed by atoms with Gasteiger partial charge in [0.2, 0.25) is 10.0 Å². The summed E-state index contributed by atoms with van der Waals surface area (Å²) in [6.45, 7) is 1.000. The number of hydrogen-bond donors (Lipinski definition) is 1. The van der Waals surface area contributed by atoms with Crippen molar-refractivity contribution in [2.75, 3.05) is 13.2 Å². The van der Waals surface area contributed by atoms with Gasteiger partial charge in [0.1, 0.15) is 5.82 Å². The summed E-state index contributed by atoms with van der Waals surface area (Å²) in [5.41, 5.74) is 0.654. The number of fused-ring (bicyclic) bond motifs is 1. The van der Waals surface area contributed by atoms with E-state index in [1.807, 2.05) is 17.5 Å². The minimum Gasteiger partial charge on any atom is -0.490 e. The maximum Gasteiger partial charge on any atom is 0.241 e. The van der Waals surface area contributed by atoms with E-state index in [1.54, 1.807) is 18.2 Å². The number of rotatable bonds is 5. The van der Waals surface area contributed by atoms with Crippen LogP contribution in [0.5, 0.6) is 11.5 Å². The minimum absolute atomic E-state index is 0.0837. The molecule has 0 saturated heterocycles. The first-order chi connectivity index (χ1) is 13.5. The fourth-order valence-electron chi connectivity index (χ4n) is 2.94. The molecule has 8 heteroatoms. The molecule has 28 heavy (non-hydrogen) atoms. The van der Waals surface area contributed by atoms with Gasteiger partial charge in [0.25, 0.3) is 0 Å². The first-order valence-electron chi connectivity index (χ1n) is 8.74. The molecule has 2 aromatic carbocycles. The quantitative estimate of drug-likeness (QED) is 0.676. The Balaban J connectivity index is 1.68. The molecular weight excluding hydrogens is 401 g/mol. The molecule has 1 aromatic heterocycles. The van der Waals surface area contributed by atoms with Gasteiger partial charge in [-0.15, -0.1) is 11.3 Å². The fraction of sp³-hybridized carbons (Fsp3) is 0.200. The molecule has 0 saturated carbocycles. The van der Waals surface area contributed by atoms with Crippen LogP contribution >= 0.6 is 11.3 Å². The Morgan fingerprint density at radius 3 is 2.46 bits per heavy atom. The number of nitrogens with one attached hydrogen (secondary N) is 1. The van der Waals surface area contributed by atoms with Crippen LogP contribution in [0, 0.1) is 5.82 Å². The lowest BCUT2D eigenvalue weighted by atomic mass is 10.1. The van der Waals surface area contributed by atoms with Crippen LogP contribution in [0.2, 0.25) is 0 Å². The predicted octanol–water partition coefficient (Wildman–Crippen LogP) is 4.12. The molecule has 3 aromatic rings. The normalized spacial score (nSPS) is 15.0. The molecule has 0 fully saturated rings. The number of thiophene rings is 1. The molecule has 0 amide bonds. The van der Waals surface area contributed by atoms with Crippen molar-refractivity contribution in [2.45, 2.75) is 17.4 Å². The maximum atomic E-state index is 13.3. The number of sulfonamides is 1. The van der Waals surface area contributed by atoms with Crippen molar-refractivity contribution in [3.8, 4) is 11.5 Å². The summed E-state index contributed by atoms with van der Waals surface area (Å²) in [6, 6.07) is 13.4. The Morgan fingerprint density at radius 2 is 1.75 bits per heavy atom. The lowest BCUT2D eigenvalue weighted by Gasteiger charge is -2.19. The van der Waals surface area contributed by atoms with Gasteiger partial charge >= 0.3 is 0 Å². The first kappa shape index (κ1) is 18.9. The van der Waals surface area contributed by atoms with Crippen LogP contribution in [-0.2, 0) is 10.0 Å². The average molecular weight is 419 g/mol. The second kappa shape index (κ2) is 7.90. The Kier molecular flexibility index (Phi) is 5.34. The summed E-state index contributed by atoms with van der Waals surface area (Å²) in [7, 11) is -3.86. The Morgan fingerprint density at radius 1 is 1.00 bits per heavy atom. The summed E-state index contributed by atoms with van der Waals surface area (Å²) in [5.74, 6) is 0.569. The van der Waals surface area contributed by atoms with E-state index in [2.05, 4.69) is 4.72 Å². The van der Waals surface area contributed by atoms with Crippen molar-refractivity contribution in [2.24, 2.45) is 0 Å². The van der Waals surface area contributed by atoms with Gasteiger partial charge in [0.15, 0.2) is 11.5 Å². The van der Waals surface area contributed by atoms with Crippen molar-refractivity contribution in [1.82, 2.24) is 4.72 Å². The highest BCUT2D eigenvalue weighted by Gasteiger charge is 2.25. The van der Waals surface area contributed by atoms with Crippen molar-refractivity contribution < 1.29 is 22.3 Å². The van der Waals surface area contributed by atoms with Gasteiger partial charge in [-0.1, -0.05) is 18.2 Å². The van der Waals surface area contributed by atoms with Crippen LogP contribution < -0.4 is 14.2 Å².